The van der Waals surface area contributed by atoms with Crippen LogP contribution < -0.4 is 0 Å². The van der Waals surface area contributed by atoms with Crippen molar-refractivity contribution in [3.63, 3.8) is 0 Å². The molecule has 0 saturated carbocycles. The van der Waals surface area contributed by atoms with Crippen LogP contribution in [0.2, 0.25) is 0 Å². The molecule has 2 aromatic rings. The highest BCUT2D eigenvalue weighted by Crippen LogP contribution is 2.25. The summed E-state index contributed by atoms with van der Waals surface area (Å²) >= 11 is 0. The molecule has 1 heterocycles. The minimum atomic E-state index is -0.827. The van der Waals surface area contributed by atoms with Gasteiger partial charge in [-0.3, -0.25) is 4.79 Å². The van der Waals surface area contributed by atoms with Gasteiger partial charge in [-0.15, -0.1) is 0 Å². The Morgan fingerprint density at radius 2 is 1.35 bits per heavy atom. The van der Waals surface area contributed by atoms with E-state index in [-0.39, 0.29) is 18.3 Å². The smallest absolute Gasteiger partial charge is 0.329 e. The van der Waals surface area contributed by atoms with E-state index < -0.39 is 18.0 Å². The van der Waals surface area contributed by atoms with Gasteiger partial charge in [0.25, 0.3) is 0 Å². The number of rotatable bonds is 15. The Bertz CT molecular complexity index is 949. The van der Waals surface area contributed by atoms with Crippen LogP contribution in [-0.2, 0) is 19.1 Å². The molecule has 0 fully saturated rings. The van der Waals surface area contributed by atoms with E-state index >= 15 is 0 Å². The molecule has 3 unspecified atom stereocenters. The zero-order chi connectivity index (χ0) is 27.5. The summed E-state index contributed by atoms with van der Waals surface area (Å²) in [4.78, 5) is 30.8. The lowest BCUT2D eigenvalue weighted by Crippen LogP contribution is -2.29. The third-order valence-corrected chi connectivity index (χ3v) is 7.00. The van der Waals surface area contributed by atoms with E-state index in [2.05, 4.69) is 60.4 Å². The molecule has 37 heavy (non-hydrogen) atoms. The van der Waals surface area contributed by atoms with Gasteiger partial charge in [-0.2, -0.15) is 0 Å². The Morgan fingerprint density at radius 1 is 0.811 bits per heavy atom. The molecule has 206 valence electrons. The highest BCUT2D eigenvalue weighted by atomic mass is 16.5. The van der Waals surface area contributed by atoms with E-state index in [9.17, 15) is 9.59 Å². The lowest BCUT2D eigenvalue weighted by molar-refractivity contribution is -0.156. The molecular weight excluding hydrogens is 464 g/mol. The summed E-state index contributed by atoms with van der Waals surface area (Å²) in [5, 5.41) is 0. The van der Waals surface area contributed by atoms with Gasteiger partial charge >= 0.3 is 11.9 Å². The van der Waals surface area contributed by atoms with Gasteiger partial charge in [0.1, 0.15) is 6.04 Å². The highest BCUT2D eigenvalue weighted by Gasteiger charge is 2.29. The van der Waals surface area contributed by atoms with Crippen molar-refractivity contribution in [2.24, 2.45) is 35.5 Å². The molecule has 0 amide bonds. The van der Waals surface area contributed by atoms with Crippen molar-refractivity contribution < 1.29 is 19.1 Å². The number of ether oxygens (including phenoxy) is 2. The number of aromatic nitrogens is 2. The molecule has 0 N–H and O–H groups in total. The molecule has 6 nitrogen and oxygen atoms in total. The molecule has 2 rings (SSSR count). The molecule has 1 aromatic heterocycles. The minimum absolute atomic E-state index is 0.0908. The molecule has 1 aromatic carbocycles. The Labute approximate surface area is 224 Å². The number of carbonyl (C=O) groups excluding carboxylic acids is 2. The lowest BCUT2D eigenvalue weighted by Gasteiger charge is -2.25. The minimum Gasteiger partial charge on any atom is -0.465 e. The molecule has 0 aliphatic carbocycles. The molecule has 0 aliphatic rings. The van der Waals surface area contributed by atoms with E-state index in [1.165, 1.54) is 0 Å². The van der Waals surface area contributed by atoms with Crippen LogP contribution >= 0.6 is 0 Å². The van der Waals surface area contributed by atoms with Gasteiger partial charge in [-0.1, -0.05) is 85.7 Å². The molecule has 0 bridgehead atoms. The summed E-state index contributed by atoms with van der Waals surface area (Å²) in [7, 11) is 0. The average molecular weight is 513 g/mol. The van der Waals surface area contributed by atoms with Crippen molar-refractivity contribution in [3.8, 4) is 11.3 Å². The number of imidazole rings is 1. The van der Waals surface area contributed by atoms with Gasteiger partial charge in [0.05, 0.1) is 31.7 Å². The number of hydrogen-bond acceptors (Lipinski definition) is 5. The second-order valence-electron chi connectivity index (χ2n) is 11.9. The number of carbonyl (C=O) groups is 2. The van der Waals surface area contributed by atoms with E-state index in [0.717, 1.165) is 24.1 Å². The van der Waals surface area contributed by atoms with Gasteiger partial charge in [0.2, 0.25) is 0 Å². The van der Waals surface area contributed by atoms with Crippen LogP contribution in [0.3, 0.4) is 0 Å². The average Bonchev–Trinajstić information content (AvgIpc) is 3.32. The van der Waals surface area contributed by atoms with E-state index in [4.69, 9.17) is 9.47 Å². The van der Waals surface area contributed by atoms with Crippen molar-refractivity contribution in [2.45, 2.75) is 80.7 Å². The molecule has 0 spiro atoms. The highest BCUT2D eigenvalue weighted by molar-refractivity contribution is 5.81. The third-order valence-electron chi connectivity index (χ3n) is 7.00. The SMILES string of the molecule is CC(C)CC(COC(=O)CC(C(=O)OCC(CC(C)C)C(C)C)n1cnc(-c2ccccc2)c1)C(C)C. The van der Waals surface area contributed by atoms with Crippen LogP contribution in [0.4, 0.5) is 0 Å². The fourth-order valence-electron chi connectivity index (χ4n) is 4.55. The zero-order valence-corrected chi connectivity index (χ0v) is 24.1. The first-order valence-electron chi connectivity index (χ1n) is 13.9. The maximum atomic E-state index is 13.4. The normalized spacial score (nSPS) is 14.3. The summed E-state index contributed by atoms with van der Waals surface area (Å²) < 4.78 is 13.2. The monoisotopic (exact) mass is 512 g/mol. The van der Waals surface area contributed by atoms with Gasteiger partial charge < -0.3 is 14.0 Å². The lowest BCUT2D eigenvalue weighted by atomic mass is 9.88. The first kappa shape index (κ1) is 30.6. The van der Waals surface area contributed by atoms with Crippen LogP contribution in [0.15, 0.2) is 42.9 Å². The van der Waals surface area contributed by atoms with Crippen molar-refractivity contribution >= 4 is 11.9 Å². The molecule has 6 heteroatoms. The first-order valence-corrected chi connectivity index (χ1v) is 13.9. The zero-order valence-electron chi connectivity index (χ0n) is 24.1. The Balaban J connectivity index is 2.18. The fraction of sp³-hybridized carbons (Fsp3) is 0.645. The van der Waals surface area contributed by atoms with Crippen LogP contribution in [0.1, 0.15) is 80.7 Å². The third kappa shape index (κ3) is 10.3. The molecule has 0 saturated heterocycles. The predicted octanol–water partition coefficient (Wildman–Crippen LogP) is 7.20. The summed E-state index contributed by atoms with van der Waals surface area (Å²) in [5.74, 6) is 1.57. The van der Waals surface area contributed by atoms with Crippen LogP contribution in [-0.4, -0.2) is 34.7 Å². The van der Waals surface area contributed by atoms with Gasteiger partial charge in [0, 0.05) is 11.8 Å². The van der Waals surface area contributed by atoms with Crippen molar-refractivity contribution in [1.29, 1.82) is 0 Å². The predicted molar refractivity (Wildman–Crippen MR) is 149 cm³/mol. The second kappa shape index (κ2) is 14.9. The summed E-state index contributed by atoms with van der Waals surface area (Å²) in [6.45, 7) is 18.0. The largest absolute Gasteiger partial charge is 0.465 e. The molecule has 0 aliphatic heterocycles. The fourth-order valence-corrected chi connectivity index (χ4v) is 4.55. The second-order valence-corrected chi connectivity index (χ2v) is 11.9. The molecular formula is C31H48N2O4. The van der Waals surface area contributed by atoms with Crippen molar-refractivity contribution in [3.05, 3.63) is 42.9 Å². The van der Waals surface area contributed by atoms with E-state index in [1.54, 1.807) is 17.1 Å². The topological polar surface area (TPSA) is 70.4 Å². The van der Waals surface area contributed by atoms with Crippen molar-refractivity contribution in [1.82, 2.24) is 9.55 Å². The Kier molecular flexibility index (Phi) is 12.4. The number of esters is 2. The van der Waals surface area contributed by atoms with Crippen molar-refractivity contribution in [2.75, 3.05) is 13.2 Å². The quantitative estimate of drug-likeness (QED) is 0.236. The van der Waals surface area contributed by atoms with Crippen LogP contribution in [0.5, 0.6) is 0 Å². The van der Waals surface area contributed by atoms with Crippen LogP contribution in [0.25, 0.3) is 11.3 Å². The number of benzene rings is 1. The standard InChI is InChI=1S/C31H48N2O4/c1-21(2)14-26(23(5)6)18-36-30(34)16-29(31(35)37-19-27(24(7)8)15-22(3)4)33-17-28(32-20-33)25-12-10-9-11-13-25/h9-13,17,20-24,26-27,29H,14-16,18-19H2,1-8H3. The van der Waals surface area contributed by atoms with E-state index in [0.29, 0.717) is 36.9 Å². The molecule has 3 atom stereocenters. The number of nitrogens with zero attached hydrogens (tertiary/aromatic N) is 2. The van der Waals surface area contributed by atoms with Gasteiger partial charge in [0.15, 0.2) is 0 Å². The first-order chi connectivity index (χ1) is 17.5. The summed E-state index contributed by atoms with van der Waals surface area (Å²) in [6.07, 6.45) is 5.29. The van der Waals surface area contributed by atoms with E-state index in [1.807, 2.05) is 30.3 Å². The summed E-state index contributed by atoms with van der Waals surface area (Å²) in [5.41, 5.74) is 1.68. The summed E-state index contributed by atoms with van der Waals surface area (Å²) in [6, 6.07) is 8.94. The Morgan fingerprint density at radius 3 is 1.86 bits per heavy atom. The van der Waals surface area contributed by atoms with Gasteiger partial charge in [-0.05, 0) is 48.3 Å². The number of hydrogen-bond donors (Lipinski definition) is 0. The molecule has 0 radical (unpaired) electrons. The maximum Gasteiger partial charge on any atom is 0.329 e. The Hall–Kier alpha value is -2.63. The van der Waals surface area contributed by atoms with Gasteiger partial charge in [-0.25, -0.2) is 9.78 Å². The van der Waals surface area contributed by atoms with Crippen LogP contribution in [0, 0.1) is 35.5 Å². The maximum absolute atomic E-state index is 13.4.